The van der Waals surface area contributed by atoms with Crippen LogP contribution in [0.4, 0.5) is 0 Å². The lowest BCUT2D eigenvalue weighted by atomic mass is 9.83. The molecule has 1 aliphatic carbocycles. The van der Waals surface area contributed by atoms with Crippen LogP contribution in [0.25, 0.3) is 0 Å². The Labute approximate surface area is 158 Å². The maximum atomic E-state index is 12.1. The summed E-state index contributed by atoms with van der Waals surface area (Å²) >= 11 is 0. The van der Waals surface area contributed by atoms with Crippen molar-refractivity contribution in [1.29, 1.82) is 0 Å². The zero-order chi connectivity index (χ0) is 20.1. The van der Waals surface area contributed by atoms with Crippen molar-refractivity contribution in [3.8, 4) is 0 Å². The van der Waals surface area contributed by atoms with E-state index in [1.807, 2.05) is 0 Å². The van der Waals surface area contributed by atoms with Gasteiger partial charge < -0.3 is 19.3 Å². The van der Waals surface area contributed by atoms with Gasteiger partial charge in [-0.05, 0) is 31.4 Å². The number of aliphatic hydroxyl groups is 1. The normalized spacial score (nSPS) is 28.4. The monoisotopic (exact) mass is 376 g/mol. The molecule has 146 valence electrons. The predicted molar refractivity (Wildman–Crippen MR) is 96.6 cm³/mol. The molecule has 0 bridgehead atoms. The quantitative estimate of drug-likeness (QED) is 0.335. The fourth-order valence-corrected chi connectivity index (χ4v) is 3.23. The topological polar surface area (TPSA) is 99.1 Å². The number of methoxy groups -OCH3 is 1. The molecule has 1 heterocycles. The van der Waals surface area contributed by atoms with Crippen LogP contribution in [0.15, 0.2) is 47.6 Å². The lowest BCUT2D eigenvalue weighted by Gasteiger charge is -2.32. The first-order valence-electron chi connectivity index (χ1n) is 8.58. The van der Waals surface area contributed by atoms with Crippen molar-refractivity contribution in [2.45, 2.75) is 38.1 Å². The van der Waals surface area contributed by atoms with Crippen molar-refractivity contribution in [2.24, 2.45) is 5.92 Å². The van der Waals surface area contributed by atoms with Gasteiger partial charge >= 0.3 is 11.9 Å². The third-order valence-corrected chi connectivity index (χ3v) is 4.68. The first-order valence-corrected chi connectivity index (χ1v) is 8.58. The number of aliphatic hydroxyl groups excluding tert-OH is 1. The van der Waals surface area contributed by atoms with E-state index in [9.17, 15) is 19.5 Å². The molecule has 0 amide bonds. The number of ether oxygens (including phenoxy) is 3. The number of aldehydes is 1. The van der Waals surface area contributed by atoms with Crippen LogP contribution in [-0.4, -0.2) is 55.4 Å². The molecular weight excluding hydrogens is 352 g/mol. The minimum Gasteiger partial charge on any atom is -0.454 e. The van der Waals surface area contributed by atoms with Gasteiger partial charge in [-0.25, -0.2) is 9.59 Å². The molecule has 4 atom stereocenters. The maximum absolute atomic E-state index is 12.1. The number of carbonyl (C=O) groups is 3. The minimum atomic E-state index is -1.06. The highest BCUT2D eigenvalue weighted by molar-refractivity contribution is 5.91. The second kappa shape index (κ2) is 8.92. The lowest BCUT2D eigenvalue weighted by Crippen LogP contribution is -2.43. The van der Waals surface area contributed by atoms with Gasteiger partial charge in [0.05, 0.1) is 12.5 Å². The Morgan fingerprint density at radius 3 is 2.74 bits per heavy atom. The Morgan fingerprint density at radius 2 is 2.19 bits per heavy atom. The molecule has 2 aliphatic rings. The number of hydrogen-bond donors (Lipinski definition) is 1. The van der Waals surface area contributed by atoms with E-state index in [1.54, 1.807) is 12.2 Å². The van der Waals surface area contributed by atoms with Gasteiger partial charge in [0.2, 0.25) is 0 Å². The van der Waals surface area contributed by atoms with Crippen LogP contribution in [0.5, 0.6) is 0 Å². The number of esters is 2. The third kappa shape index (κ3) is 4.43. The molecule has 0 aromatic heterocycles. The summed E-state index contributed by atoms with van der Waals surface area (Å²) in [4.78, 5) is 36.0. The molecule has 2 rings (SSSR count). The molecule has 7 nitrogen and oxygen atoms in total. The number of carbonyl (C=O) groups excluding carboxylic acids is 3. The van der Waals surface area contributed by atoms with E-state index in [0.717, 1.165) is 0 Å². The Morgan fingerprint density at radius 1 is 1.48 bits per heavy atom. The summed E-state index contributed by atoms with van der Waals surface area (Å²) in [6.07, 6.45) is 2.12. The molecule has 0 aromatic carbocycles. The van der Waals surface area contributed by atoms with E-state index in [4.69, 9.17) is 14.2 Å². The molecule has 0 aromatic rings. The summed E-state index contributed by atoms with van der Waals surface area (Å²) < 4.78 is 16.4. The van der Waals surface area contributed by atoms with Crippen LogP contribution in [0.3, 0.4) is 0 Å². The molecule has 1 aliphatic heterocycles. The highest BCUT2D eigenvalue weighted by Crippen LogP contribution is 2.37. The second-order valence-electron chi connectivity index (χ2n) is 6.57. The van der Waals surface area contributed by atoms with Gasteiger partial charge in [-0.2, -0.15) is 0 Å². The van der Waals surface area contributed by atoms with Gasteiger partial charge in [-0.3, -0.25) is 4.79 Å². The van der Waals surface area contributed by atoms with Crippen molar-refractivity contribution in [1.82, 2.24) is 0 Å². The van der Waals surface area contributed by atoms with Gasteiger partial charge in [0.25, 0.3) is 0 Å². The summed E-state index contributed by atoms with van der Waals surface area (Å²) in [5, 5.41) is 9.57. The summed E-state index contributed by atoms with van der Waals surface area (Å²) in [6.45, 7) is 8.63. The molecule has 1 N–H and O–H groups in total. The van der Waals surface area contributed by atoms with Crippen LogP contribution in [0, 0.1) is 5.92 Å². The number of hydrogen-bond acceptors (Lipinski definition) is 7. The highest BCUT2D eigenvalue weighted by Gasteiger charge is 2.47. The summed E-state index contributed by atoms with van der Waals surface area (Å²) in [7, 11) is 1.39. The molecule has 0 radical (unpaired) electrons. The van der Waals surface area contributed by atoms with E-state index in [0.29, 0.717) is 24.7 Å². The Balaban J connectivity index is 2.55. The summed E-state index contributed by atoms with van der Waals surface area (Å²) in [5.74, 6) is -1.96. The van der Waals surface area contributed by atoms with Crippen LogP contribution < -0.4 is 0 Å². The number of rotatable bonds is 5. The largest absolute Gasteiger partial charge is 0.454 e. The molecule has 7 heteroatoms. The predicted octanol–water partition coefficient (Wildman–Crippen LogP) is 1.42. The molecule has 0 spiro atoms. The lowest BCUT2D eigenvalue weighted by molar-refractivity contribution is -0.152. The third-order valence-electron chi connectivity index (χ3n) is 4.68. The SMILES string of the molecule is C=C(C)C(=O)O[C@H]1C(C=O)=CCCC(CO)=C[C@H]2OC(=O)C(=C)[C@@H]2[C@@H]1OC. The summed E-state index contributed by atoms with van der Waals surface area (Å²) in [6, 6.07) is 0. The minimum absolute atomic E-state index is 0.155. The van der Waals surface area contributed by atoms with E-state index in [-0.39, 0.29) is 23.3 Å². The van der Waals surface area contributed by atoms with Gasteiger partial charge in [0, 0.05) is 23.8 Å². The standard InChI is InChI=1S/C20H24O7/c1-11(2)19(23)27-17-14(10-22)7-5-6-13(9-21)8-15-16(18(17)25-4)12(3)20(24)26-15/h7-8,10,15-18,21H,1,3,5-6,9H2,2,4H3/t15-,16+,17+,18+/m1/s1. The van der Waals surface area contributed by atoms with E-state index in [1.165, 1.54) is 14.0 Å². The zero-order valence-electron chi connectivity index (χ0n) is 15.5. The Hall–Kier alpha value is -2.51. The van der Waals surface area contributed by atoms with Crippen molar-refractivity contribution >= 4 is 18.2 Å². The number of allylic oxidation sites excluding steroid dienone is 1. The molecule has 27 heavy (non-hydrogen) atoms. The maximum Gasteiger partial charge on any atom is 0.334 e. The molecular formula is C20H24O7. The first-order chi connectivity index (χ1) is 12.8. The Bertz CT molecular complexity index is 716. The molecule has 0 unspecified atom stereocenters. The number of fused-ring (bicyclic) bond motifs is 1. The zero-order valence-corrected chi connectivity index (χ0v) is 15.5. The Kier molecular flexibility index (Phi) is 6.87. The average Bonchev–Trinajstić information content (AvgIpc) is 2.91. The van der Waals surface area contributed by atoms with Crippen LogP contribution in [0.1, 0.15) is 19.8 Å². The molecule has 1 fully saturated rings. The average molecular weight is 376 g/mol. The van der Waals surface area contributed by atoms with E-state index < -0.39 is 36.2 Å². The fourth-order valence-electron chi connectivity index (χ4n) is 3.23. The highest BCUT2D eigenvalue weighted by atomic mass is 16.6. The van der Waals surface area contributed by atoms with Crippen molar-refractivity contribution in [3.63, 3.8) is 0 Å². The smallest absolute Gasteiger partial charge is 0.334 e. The second-order valence-corrected chi connectivity index (χ2v) is 6.57. The van der Waals surface area contributed by atoms with E-state index in [2.05, 4.69) is 13.2 Å². The molecule has 1 saturated heterocycles. The van der Waals surface area contributed by atoms with Crippen LogP contribution >= 0.6 is 0 Å². The van der Waals surface area contributed by atoms with Gasteiger partial charge in [-0.1, -0.05) is 19.2 Å². The molecule has 0 saturated carbocycles. The van der Waals surface area contributed by atoms with Crippen molar-refractivity contribution in [3.05, 3.63) is 47.6 Å². The summed E-state index contributed by atoms with van der Waals surface area (Å²) in [5.41, 5.74) is 1.20. The van der Waals surface area contributed by atoms with E-state index >= 15 is 0 Å². The van der Waals surface area contributed by atoms with Gasteiger partial charge in [-0.15, -0.1) is 0 Å². The van der Waals surface area contributed by atoms with Gasteiger partial charge in [0.15, 0.2) is 6.10 Å². The van der Waals surface area contributed by atoms with Crippen LogP contribution in [-0.2, 0) is 28.6 Å². The first kappa shape index (κ1) is 20.8. The van der Waals surface area contributed by atoms with Crippen LogP contribution in [0.2, 0.25) is 0 Å². The van der Waals surface area contributed by atoms with Crippen molar-refractivity contribution < 1.29 is 33.7 Å². The van der Waals surface area contributed by atoms with Gasteiger partial charge in [0.1, 0.15) is 18.5 Å². The fraction of sp³-hybridized carbons (Fsp3) is 0.450. The van der Waals surface area contributed by atoms with Crippen molar-refractivity contribution in [2.75, 3.05) is 13.7 Å².